The first-order valence-corrected chi connectivity index (χ1v) is 8.90. The molecular formula is C14H20N2O3S2. The zero-order valence-corrected chi connectivity index (χ0v) is 13.5. The Bertz CT molecular complexity index is 610. The number of hydrogen-bond donors (Lipinski definition) is 2. The maximum atomic E-state index is 12.3. The van der Waals surface area contributed by atoms with Crippen LogP contribution in [0.1, 0.15) is 24.5 Å². The number of rotatable bonds is 6. The fraction of sp³-hybridized carbons (Fsp3) is 0.500. The second-order valence-corrected chi connectivity index (χ2v) is 7.50. The van der Waals surface area contributed by atoms with E-state index in [0.717, 1.165) is 6.42 Å². The van der Waals surface area contributed by atoms with Gasteiger partial charge in [-0.3, -0.25) is 0 Å². The molecule has 0 saturated carbocycles. The highest BCUT2D eigenvalue weighted by Crippen LogP contribution is 2.18. The van der Waals surface area contributed by atoms with Gasteiger partial charge in [0.15, 0.2) is 0 Å². The molecular weight excluding hydrogens is 308 g/mol. The van der Waals surface area contributed by atoms with Gasteiger partial charge in [0, 0.05) is 24.1 Å². The first-order valence-electron chi connectivity index (χ1n) is 6.84. The monoisotopic (exact) mass is 328 g/mol. The summed E-state index contributed by atoms with van der Waals surface area (Å²) in [5.74, 6) is 0.101. The highest BCUT2D eigenvalue weighted by Gasteiger charge is 2.26. The Kier molecular flexibility index (Phi) is 5.32. The minimum atomic E-state index is -3.45. The molecule has 0 spiro atoms. The first-order chi connectivity index (χ1) is 9.89. The van der Waals surface area contributed by atoms with Gasteiger partial charge in [-0.05, 0) is 18.9 Å². The van der Waals surface area contributed by atoms with Gasteiger partial charge in [-0.15, -0.1) is 0 Å². The Hall–Kier alpha value is -1.02. The van der Waals surface area contributed by atoms with E-state index in [0.29, 0.717) is 24.3 Å². The lowest BCUT2D eigenvalue weighted by Gasteiger charge is -2.19. The van der Waals surface area contributed by atoms with Crippen LogP contribution in [0.25, 0.3) is 0 Å². The summed E-state index contributed by atoms with van der Waals surface area (Å²) in [4.78, 5) is 0.207. The number of nitrogens with two attached hydrogens (primary N) is 1. The van der Waals surface area contributed by atoms with Gasteiger partial charge in [-0.1, -0.05) is 36.5 Å². The maximum Gasteiger partial charge on any atom is 0.216 e. The van der Waals surface area contributed by atoms with Crippen molar-refractivity contribution in [2.45, 2.75) is 25.1 Å². The van der Waals surface area contributed by atoms with E-state index < -0.39 is 10.0 Å². The Morgan fingerprint density at radius 1 is 1.52 bits per heavy atom. The van der Waals surface area contributed by atoms with Crippen molar-refractivity contribution in [1.82, 2.24) is 4.72 Å². The van der Waals surface area contributed by atoms with Crippen molar-refractivity contribution >= 4 is 27.2 Å². The summed E-state index contributed by atoms with van der Waals surface area (Å²) in [6, 6.07) is 6.89. The molecule has 0 bridgehead atoms. The lowest BCUT2D eigenvalue weighted by molar-refractivity contribution is 0.180. The van der Waals surface area contributed by atoms with Crippen molar-refractivity contribution in [1.29, 1.82) is 0 Å². The van der Waals surface area contributed by atoms with Crippen molar-refractivity contribution in [3.8, 4) is 0 Å². The van der Waals surface area contributed by atoms with Crippen molar-refractivity contribution in [2.24, 2.45) is 11.7 Å². The maximum absolute atomic E-state index is 12.3. The van der Waals surface area contributed by atoms with Crippen molar-refractivity contribution < 1.29 is 13.2 Å². The van der Waals surface area contributed by atoms with Crippen molar-refractivity contribution in [3.63, 3.8) is 0 Å². The first kappa shape index (κ1) is 16.4. The molecule has 2 atom stereocenters. The SMILES string of the molecule is CC(NS(=O)(=O)Cc1ccccc1C(N)=S)C1CCOC1. The third-order valence-corrected chi connectivity index (χ3v) is 5.31. The molecule has 3 N–H and O–H groups in total. The highest BCUT2D eigenvalue weighted by atomic mass is 32.2. The van der Waals surface area contributed by atoms with E-state index in [-0.39, 0.29) is 22.7 Å². The molecule has 0 amide bonds. The summed E-state index contributed by atoms with van der Waals surface area (Å²) >= 11 is 4.96. The standard InChI is InChI=1S/C14H20N2O3S2/c1-10(11-6-7-19-8-11)16-21(17,18)9-12-4-2-3-5-13(12)14(15)20/h2-5,10-11,16H,6-9H2,1H3,(H2,15,20). The van der Waals surface area contributed by atoms with Crippen LogP contribution in [-0.2, 0) is 20.5 Å². The summed E-state index contributed by atoms with van der Waals surface area (Å²) in [5.41, 5.74) is 6.86. The Labute approximate surface area is 130 Å². The van der Waals surface area contributed by atoms with Gasteiger partial charge in [0.05, 0.1) is 12.4 Å². The van der Waals surface area contributed by atoms with Crippen LogP contribution in [0.5, 0.6) is 0 Å². The second-order valence-electron chi connectivity index (χ2n) is 5.31. The smallest absolute Gasteiger partial charge is 0.216 e. The molecule has 0 radical (unpaired) electrons. The van der Waals surface area contributed by atoms with E-state index in [1.807, 2.05) is 6.92 Å². The molecule has 0 aliphatic carbocycles. The van der Waals surface area contributed by atoms with Crippen LogP contribution >= 0.6 is 12.2 Å². The number of nitrogens with one attached hydrogen (secondary N) is 1. The van der Waals surface area contributed by atoms with E-state index in [4.69, 9.17) is 22.7 Å². The zero-order chi connectivity index (χ0) is 15.5. The molecule has 1 heterocycles. The molecule has 116 valence electrons. The van der Waals surface area contributed by atoms with Gasteiger partial charge in [-0.25, -0.2) is 13.1 Å². The van der Waals surface area contributed by atoms with Gasteiger partial charge in [0.2, 0.25) is 10.0 Å². The van der Waals surface area contributed by atoms with E-state index in [1.165, 1.54) is 0 Å². The number of thiocarbonyl (C=S) groups is 1. The van der Waals surface area contributed by atoms with Crippen molar-refractivity contribution in [3.05, 3.63) is 35.4 Å². The predicted molar refractivity (Wildman–Crippen MR) is 86.5 cm³/mol. The van der Waals surface area contributed by atoms with E-state index >= 15 is 0 Å². The van der Waals surface area contributed by atoms with E-state index in [2.05, 4.69) is 4.72 Å². The Morgan fingerprint density at radius 2 is 2.24 bits per heavy atom. The summed E-state index contributed by atoms with van der Waals surface area (Å²) in [5, 5.41) is 0. The van der Waals surface area contributed by atoms with Gasteiger partial charge in [0.1, 0.15) is 4.99 Å². The topological polar surface area (TPSA) is 81.4 Å². The second kappa shape index (κ2) is 6.83. The largest absolute Gasteiger partial charge is 0.389 e. The van der Waals surface area contributed by atoms with E-state index in [9.17, 15) is 8.42 Å². The molecule has 1 aromatic carbocycles. The Balaban J connectivity index is 2.09. The number of benzene rings is 1. The lowest BCUT2D eigenvalue weighted by Crippen LogP contribution is -2.39. The van der Waals surface area contributed by atoms with Crippen LogP contribution in [0.2, 0.25) is 0 Å². The van der Waals surface area contributed by atoms with Crippen LogP contribution in [0, 0.1) is 5.92 Å². The molecule has 5 nitrogen and oxygen atoms in total. The van der Waals surface area contributed by atoms with E-state index in [1.54, 1.807) is 24.3 Å². The predicted octanol–water partition coefficient (Wildman–Crippen LogP) is 1.17. The zero-order valence-electron chi connectivity index (χ0n) is 11.9. The lowest BCUT2D eigenvalue weighted by atomic mass is 10.0. The average molecular weight is 328 g/mol. The summed E-state index contributed by atoms with van der Waals surface area (Å²) in [6.07, 6.45) is 0.882. The normalized spacial score (nSPS) is 20.3. The number of ether oxygens (including phenoxy) is 1. The molecule has 2 rings (SSSR count). The van der Waals surface area contributed by atoms with Crippen LogP contribution in [0.15, 0.2) is 24.3 Å². The summed E-state index contributed by atoms with van der Waals surface area (Å²) in [6.45, 7) is 3.17. The molecule has 1 aliphatic rings. The third-order valence-electron chi connectivity index (χ3n) is 3.67. The quantitative estimate of drug-likeness (QED) is 0.766. The molecule has 0 aromatic heterocycles. The van der Waals surface area contributed by atoms with Gasteiger partial charge in [0.25, 0.3) is 0 Å². The van der Waals surface area contributed by atoms with Crippen LogP contribution in [0.4, 0.5) is 0 Å². The minimum Gasteiger partial charge on any atom is -0.389 e. The van der Waals surface area contributed by atoms with Gasteiger partial charge < -0.3 is 10.5 Å². The minimum absolute atomic E-state index is 0.127. The third kappa shape index (κ3) is 4.47. The number of hydrogen-bond acceptors (Lipinski definition) is 4. The van der Waals surface area contributed by atoms with Crippen molar-refractivity contribution in [2.75, 3.05) is 13.2 Å². The summed E-state index contributed by atoms with van der Waals surface area (Å²) in [7, 11) is -3.45. The highest BCUT2D eigenvalue weighted by molar-refractivity contribution is 7.88. The van der Waals surface area contributed by atoms with Crippen LogP contribution in [0.3, 0.4) is 0 Å². The fourth-order valence-corrected chi connectivity index (χ4v) is 4.16. The summed E-state index contributed by atoms with van der Waals surface area (Å²) < 4.78 is 32.6. The van der Waals surface area contributed by atoms with Gasteiger partial charge in [-0.2, -0.15) is 0 Å². The fourth-order valence-electron chi connectivity index (χ4n) is 2.46. The Morgan fingerprint density at radius 3 is 2.86 bits per heavy atom. The van der Waals surface area contributed by atoms with Crippen LogP contribution < -0.4 is 10.5 Å². The van der Waals surface area contributed by atoms with Gasteiger partial charge >= 0.3 is 0 Å². The molecule has 7 heteroatoms. The molecule has 1 aliphatic heterocycles. The molecule has 1 fully saturated rings. The molecule has 1 saturated heterocycles. The number of sulfonamides is 1. The molecule has 2 unspecified atom stereocenters. The average Bonchev–Trinajstić information content (AvgIpc) is 2.91. The van der Waals surface area contributed by atoms with Crippen LogP contribution in [-0.4, -0.2) is 32.7 Å². The molecule has 21 heavy (non-hydrogen) atoms. The molecule has 1 aromatic rings.